The molecule has 0 fully saturated rings. The van der Waals surface area contributed by atoms with E-state index in [9.17, 15) is 8.42 Å². The zero-order valence-electron chi connectivity index (χ0n) is 6.31. The second-order valence-corrected chi connectivity index (χ2v) is 4.37. The molecule has 0 aliphatic rings. The van der Waals surface area contributed by atoms with Gasteiger partial charge in [-0.25, -0.2) is 14.3 Å². The highest BCUT2D eigenvalue weighted by atomic mass is 32.2. The van der Waals surface area contributed by atoms with Gasteiger partial charge in [-0.1, -0.05) is 5.16 Å². The van der Waals surface area contributed by atoms with Crippen molar-refractivity contribution in [1.82, 2.24) is 10.1 Å². The number of nitrogens with one attached hydrogen (secondary N) is 1. The van der Waals surface area contributed by atoms with E-state index < -0.39 is 9.84 Å². The monoisotopic (exact) mass is 192 g/mol. The number of anilines is 1. The number of hydrogen-bond acceptors (Lipinski definition) is 7. The summed E-state index contributed by atoms with van der Waals surface area (Å²) >= 11 is 0. The quantitative estimate of drug-likeness (QED) is 0.461. The fourth-order valence-electron chi connectivity index (χ4n) is 0.606. The van der Waals surface area contributed by atoms with Crippen LogP contribution in [0.25, 0.3) is 0 Å². The van der Waals surface area contributed by atoms with Gasteiger partial charge in [-0.05, 0) is 0 Å². The zero-order chi connectivity index (χ0) is 9.19. The summed E-state index contributed by atoms with van der Waals surface area (Å²) in [6, 6.07) is -0.00588. The largest absolute Gasteiger partial charge is 0.335 e. The lowest BCUT2D eigenvalue weighted by atomic mass is 10.7. The Morgan fingerprint density at radius 2 is 2.33 bits per heavy atom. The summed E-state index contributed by atoms with van der Waals surface area (Å²) in [6.45, 7) is 0. The van der Waals surface area contributed by atoms with E-state index in [4.69, 9.17) is 5.84 Å². The SMILES string of the molecule is CS(=O)(=O)Cc1noc(NN)n1. The van der Waals surface area contributed by atoms with E-state index in [1.54, 1.807) is 0 Å². The number of rotatable bonds is 3. The molecule has 0 amide bonds. The molecule has 7 nitrogen and oxygen atoms in total. The minimum atomic E-state index is -3.13. The molecule has 1 heterocycles. The van der Waals surface area contributed by atoms with Crippen molar-refractivity contribution >= 4 is 15.9 Å². The first-order valence-corrected chi connectivity index (χ1v) is 5.04. The molecule has 0 bridgehead atoms. The Hall–Kier alpha value is -1.15. The molecule has 0 radical (unpaired) electrons. The highest BCUT2D eigenvalue weighted by Crippen LogP contribution is 2.03. The summed E-state index contributed by atoms with van der Waals surface area (Å²) < 4.78 is 25.9. The third kappa shape index (κ3) is 2.47. The second-order valence-electron chi connectivity index (χ2n) is 2.23. The molecule has 0 saturated heterocycles. The van der Waals surface area contributed by atoms with Crippen LogP contribution in [0.2, 0.25) is 0 Å². The van der Waals surface area contributed by atoms with Crippen LogP contribution in [-0.4, -0.2) is 24.8 Å². The molecule has 0 unspecified atom stereocenters. The minimum Gasteiger partial charge on any atom is -0.314 e. The van der Waals surface area contributed by atoms with Gasteiger partial charge >= 0.3 is 6.01 Å². The molecular weight excluding hydrogens is 184 g/mol. The first-order chi connectivity index (χ1) is 5.51. The third-order valence-corrected chi connectivity index (χ3v) is 1.77. The number of nitrogen functional groups attached to an aromatic ring is 1. The smallest absolute Gasteiger partial charge is 0.314 e. The molecule has 12 heavy (non-hydrogen) atoms. The van der Waals surface area contributed by atoms with E-state index in [2.05, 4.69) is 20.1 Å². The summed E-state index contributed by atoms with van der Waals surface area (Å²) in [7, 11) is -3.13. The molecule has 0 atom stereocenters. The van der Waals surface area contributed by atoms with Gasteiger partial charge in [-0.2, -0.15) is 4.98 Å². The van der Waals surface area contributed by atoms with Crippen molar-refractivity contribution in [3.63, 3.8) is 0 Å². The lowest BCUT2D eigenvalue weighted by molar-refractivity contribution is 0.425. The molecule has 1 rings (SSSR count). The Kier molecular flexibility index (Phi) is 2.29. The van der Waals surface area contributed by atoms with Crippen molar-refractivity contribution in [3.8, 4) is 0 Å². The van der Waals surface area contributed by atoms with Crippen LogP contribution in [0.15, 0.2) is 4.52 Å². The highest BCUT2D eigenvalue weighted by Gasteiger charge is 2.10. The maximum absolute atomic E-state index is 10.7. The van der Waals surface area contributed by atoms with Gasteiger partial charge in [0.25, 0.3) is 0 Å². The standard InChI is InChI=1S/C4H8N4O3S/c1-12(9,10)2-3-6-4(7-5)11-8-3/h2,5H2,1H3,(H,6,7,8). The van der Waals surface area contributed by atoms with Gasteiger partial charge in [-0.15, -0.1) is 0 Å². The summed E-state index contributed by atoms with van der Waals surface area (Å²) in [4.78, 5) is 3.62. The lowest BCUT2D eigenvalue weighted by Gasteiger charge is -1.88. The van der Waals surface area contributed by atoms with Gasteiger partial charge in [0, 0.05) is 6.26 Å². The van der Waals surface area contributed by atoms with E-state index in [0.29, 0.717) is 0 Å². The molecular formula is C4H8N4O3S. The number of aromatic nitrogens is 2. The van der Waals surface area contributed by atoms with Crippen molar-refractivity contribution in [2.24, 2.45) is 5.84 Å². The molecule has 1 aromatic rings. The molecule has 8 heteroatoms. The molecule has 3 N–H and O–H groups in total. The van der Waals surface area contributed by atoms with Gasteiger partial charge in [0.1, 0.15) is 5.75 Å². The Labute approximate surface area is 68.8 Å². The summed E-state index contributed by atoms with van der Waals surface area (Å²) in [5.41, 5.74) is 2.10. The first-order valence-electron chi connectivity index (χ1n) is 2.98. The van der Waals surface area contributed by atoms with Crippen LogP contribution < -0.4 is 11.3 Å². The topological polar surface area (TPSA) is 111 Å². The number of nitrogens with two attached hydrogens (primary N) is 1. The molecule has 0 aliphatic heterocycles. The van der Waals surface area contributed by atoms with Crippen LogP contribution in [-0.2, 0) is 15.6 Å². The van der Waals surface area contributed by atoms with Crippen LogP contribution in [0.3, 0.4) is 0 Å². The van der Waals surface area contributed by atoms with Crippen molar-refractivity contribution in [2.75, 3.05) is 11.7 Å². The Morgan fingerprint density at radius 3 is 2.75 bits per heavy atom. The van der Waals surface area contributed by atoms with Crippen LogP contribution in [0, 0.1) is 0 Å². The number of sulfone groups is 1. The predicted molar refractivity (Wildman–Crippen MR) is 40.7 cm³/mol. The second kappa shape index (κ2) is 3.07. The number of hydrogen-bond donors (Lipinski definition) is 2. The molecule has 0 aliphatic carbocycles. The Morgan fingerprint density at radius 1 is 1.67 bits per heavy atom. The summed E-state index contributed by atoms with van der Waals surface area (Å²) in [5.74, 6) is 4.77. The summed E-state index contributed by atoms with van der Waals surface area (Å²) in [6.07, 6.45) is 1.08. The van der Waals surface area contributed by atoms with Gasteiger partial charge in [-0.3, -0.25) is 5.43 Å². The average molecular weight is 192 g/mol. The predicted octanol–water partition coefficient (Wildman–Crippen LogP) is -1.10. The molecule has 1 aromatic heterocycles. The van der Waals surface area contributed by atoms with E-state index in [-0.39, 0.29) is 17.6 Å². The highest BCUT2D eigenvalue weighted by molar-refractivity contribution is 7.89. The van der Waals surface area contributed by atoms with Crippen molar-refractivity contribution in [1.29, 1.82) is 0 Å². The average Bonchev–Trinajstić information content (AvgIpc) is 2.32. The van der Waals surface area contributed by atoms with Crippen molar-refractivity contribution in [2.45, 2.75) is 5.75 Å². The Bertz CT molecular complexity index is 356. The normalized spacial score (nSPS) is 11.5. The van der Waals surface area contributed by atoms with E-state index in [1.165, 1.54) is 0 Å². The van der Waals surface area contributed by atoms with E-state index >= 15 is 0 Å². The van der Waals surface area contributed by atoms with Crippen LogP contribution >= 0.6 is 0 Å². The van der Waals surface area contributed by atoms with Gasteiger partial charge in [0.15, 0.2) is 15.7 Å². The van der Waals surface area contributed by atoms with Gasteiger partial charge in [0.2, 0.25) is 0 Å². The maximum atomic E-state index is 10.7. The van der Waals surface area contributed by atoms with E-state index in [0.717, 1.165) is 6.26 Å². The molecule has 0 saturated carbocycles. The van der Waals surface area contributed by atoms with E-state index in [1.807, 2.05) is 0 Å². The van der Waals surface area contributed by atoms with Crippen molar-refractivity contribution < 1.29 is 12.9 Å². The van der Waals surface area contributed by atoms with Crippen LogP contribution in [0.4, 0.5) is 6.01 Å². The minimum absolute atomic E-state index is 0.00588. The van der Waals surface area contributed by atoms with Crippen LogP contribution in [0.1, 0.15) is 5.82 Å². The molecule has 0 spiro atoms. The molecule has 68 valence electrons. The maximum Gasteiger partial charge on any atom is 0.335 e. The molecule has 0 aromatic carbocycles. The van der Waals surface area contributed by atoms with Crippen LogP contribution in [0.5, 0.6) is 0 Å². The van der Waals surface area contributed by atoms with Crippen molar-refractivity contribution in [3.05, 3.63) is 5.82 Å². The number of hydrazine groups is 1. The first kappa shape index (κ1) is 8.94. The fourth-order valence-corrected chi connectivity index (χ4v) is 1.19. The fraction of sp³-hybridized carbons (Fsp3) is 0.500. The third-order valence-electron chi connectivity index (χ3n) is 0.983. The summed E-state index contributed by atoms with van der Waals surface area (Å²) in [5, 5.41) is 3.36. The van der Waals surface area contributed by atoms with Gasteiger partial charge in [0.05, 0.1) is 0 Å². The van der Waals surface area contributed by atoms with Gasteiger partial charge < -0.3 is 4.52 Å². The zero-order valence-corrected chi connectivity index (χ0v) is 7.13. The Balaban J connectivity index is 2.78. The lowest BCUT2D eigenvalue weighted by Crippen LogP contribution is -2.07. The number of nitrogens with zero attached hydrogens (tertiary/aromatic N) is 2.